The summed E-state index contributed by atoms with van der Waals surface area (Å²) in [5.74, 6) is 0.357. The number of hydrogen-bond acceptors (Lipinski definition) is 4. The highest BCUT2D eigenvalue weighted by atomic mass is 35.5. The van der Waals surface area contributed by atoms with Crippen molar-refractivity contribution in [2.45, 2.75) is 46.1 Å². The summed E-state index contributed by atoms with van der Waals surface area (Å²) in [4.78, 5) is 9.79. The molecule has 150 valence electrons. The van der Waals surface area contributed by atoms with Crippen LogP contribution in [0.3, 0.4) is 0 Å². The molecule has 0 aliphatic heterocycles. The first-order valence-electron chi connectivity index (χ1n) is 9.74. The monoisotopic (exact) mass is 400 g/mol. The second-order valence-electron chi connectivity index (χ2n) is 7.63. The Morgan fingerprint density at radius 1 is 1.21 bits per heavy atom. The van der Waals surface area contributed by atoms with Crippen LogP contribution in [0.15, 0.2) is 24.4 Å². The van der Waals surface area contributed by atoms with E-state index in [0.717, 1.165) is 39.2 Å². The molecule has 5 nitrogen and oxygen atoms in total. The van der Waals surface area contributed by atoms with E-state index >= 15 is 0 Å². The lowest BCUT2D eigenvalue weighted by Gasteiger charge is -2.15. The Bertz CT molecular complexity index is 980. The van der Waals surface area contributed by atoms with Gasteiger partial charge in [0.15, 0.2) is 0 Å². The van der Waals surface area contributed by atoms with Gasteiger partial charge in [-0.2, -0.15) is 0 Å². The SMILES string of the molecule is COCC(C)n1cc(C)c2nc(-c3ccc(C(C)C)nc3CCN)c(Cl)cc21. The summed E-state index contributed by atoms with van der Waals surface area (Å²) in [5, 5.41) is 0.619. The molecule has 3 heterocycles. The van der Waals surface area contributed by atoms with Gasteiger partial charge in [-0.1, -0.05) is 25.4 Å². The van der Waals surface area contributed by atoms with E-state index in [1.807, 2.05) is 6.07 Å². The van der Waals surface area contributed by atoms with Gasteiger partial charge in [0.25, 0.3) is 0 Å². The number of fused-ring (bicyclic) bond motifs is 1. The molecule has 0 spiro atoms. The number of halogens is 1. The molecular formula is C22H29ClN4O. The molecule has 0 aromatic carbocycles. The lowest BCUT2D eigenvalue weighted by molar-refractivity contribution is 0.164. The van der Waals surface area contributed by atoms with Gasteiger partial charge in [0.05, 0.1) is 40.1 Å². The maximum Gasteiger partial charge on any atom is 0.0918 e. The Morgan fingerprint density at radius 3 is 2.61 bits per heavy atom. The van der Waals surface area contributed by atoms with Gasteiger partial charge in [-0.3, -0.25) is 4.98 Å². The van der Waals surface area contributed by atoms with Crippen LogP contribution in [-0.4, -0.2) is 34.8 Å². The fourth-order valence-corrected chi connectivity index (χ4v) is 3.81. The van der Waals surface area contributed by atoms with E-state index in [9.17, 15) is 0 Å². The van der Waals surface area contributed by atoms with Crippen LogP contribution in [0.1, 0.15) is 49.7 Å². The Labute approximate surface area is 171 Å². The van der Waals surface area contributed by atoms with Crippen LogP contribution in [0.5, 0.6) is 0 Å². The topological polar surface area (TPSA) is 66.0 Å². The van der Waals surface area contributed by atoms with E-state index in [1.165, 1.54) is 0 Å². The smallest absolute Gasteiger partial charge is 0.0918 e. The van der Waals surface area contributed by atoms with E-state index in [0.29, 0.717) is 30.5 Å². The highest BCUT2D eigenvalue weighted by Gasteiger charge is 2.18. The quantitative estimate of drug-likeness (QED) is 0.613. The molecule has 0 amide bonds. The van der Waals surface area contributed by atoms with Gasteiger partial charge in [0.1, 0.15) is 0 Å². The molecule has 0 aliphatic carbocycles. The number of methoxy groups -OCH3 is 1. The summed E-state index contributed by atoms with van der Waals surface area (Å²) < 4.78 is 7.50. The summed E-state index contributed by atoms with van der Waals surface area (Å²) in [7, 11) is 1.71. The van der Waals surface area contributed by atoms with Crippen LogP contribution in [0, 0.1) is 6.92 Å². The standard InChI is InChI=1S/C22H29ClN4O/c1-13(2)18-7-6-16(19(25-18)8-9-24)22-17(23)10-20-21(26-22)14(3)11-27(20)15(4)12-28-5/h6-7,10-11,13,15H,8-9,12,24H2,1-5H3. The molecule has 3 aromatic rings. The van der Waals surface area contributed by atoms with Crippen molar-refractivity contribution in [3.05, 3.63) is 46.4 Å². The number of hydrogen-bond donors (Lipinski definition) is 1. The number of aromatic nitrogens is 3. The molecule has 0 saturated heterocycles. The van der Waals surface area contributed by atoms with Crippen LogP contribution >= 0.6 is 11.6 Å². The summed E-state index contributed by atoms with van der Waals surface area (Å²) >= 11 is 6.71. The normalized spacial score (nSPS) is 12.9. The van der Waals surface area contributed by atoms with Gasteiger partial charge in [-0.05, 0) is 50.1 Å². The molecule has 0 radical (unpaired) electrons. The zero-order chi connectivity index (χ0) is 20.4. The Morgan fingerprint density at radius 2 is 1.96 bits per heavy atom. The molecule has 2 N–H and O–H groups in total. The first-order valence-corrected chi connectivity index (χ1v) is 10.1. The Balaban J connectivity index is 2.17. The van der Waals surface area contributed by atoms with Crippen molar-refractivity contribution in [2.24, 2.45) is 5.73 Å². The summed E-state index contributed by atoms with van der Waals surface area (Å²) in [6, 6.07) is 6.33. The van der Waals surface area contributed by atoms with Crippen LogP contribution in [0.4, 0.5) is 0 Å². The van der Waals surface area contributed by atoms with Gasteiger partial charge in [0.2, 0.25) is 0 Å². The van der Waals surface area contributed by atoms with Crippen LogP contribution in [-0.2, 0) is 11.2 Å². The zero-order valence-electron chi connectivity index (χ0n) is 17.3. The maximum absolute atomic E-state index is 6.71. The molecule has 1 unspecified atom stereocenters. The van der Waals surface area contributed by atoms with Crippen LogP contribution in [0.25, 0.3) is 22.3 Å². The third-order valence-electron chi connectivity index (χ3n) is 5.05. The predicted molar refractivity (Wildman–Crippen MR) is 116 cm³/mol. The van der Waals surface area contributed by atoms with Crippen molar-refractivity contribution in [1.82, 2.24) is 14.5 Å². The van der Waals surface area contributed by atoms with Gasteiger partial charge < -0.3 is 15.0 Å². The highest BCUT2D eigenvalue weighted by Crippen LogP contribution is 2.34. The van der Waals surface area contributed by atoms with E-state index in [-0.39, 0.29) is 6.04 Å². The number of pyridine rings is 2. The second-order valence-corrected chi connectivity index (χ2v) is 8.04. The van der Waals surface area contributed by atoms with E-state index < -0.39 is 0 Å². The average molecular weight is 401 g/mol. The Kier molecular flexibility index (Phi) is 6.38. The predicted octanol–water partition coefficient (Wildman–Crippen LogP) is 4.89. The molecule has 0 fully saturated rings. The van der Waals surface area contributed by atoms with E-state index in [4.69, 9.17) is 32.0 Å². The van der Waals surface area contributed by atoms with Gasteiger partial charge >= 0.3 is 0 Å². The van der Waals surface area contributed by atoms with Gasteiger partial charge in [0, 0.05) is 31.0 Å². The molecule has 0 saturated carbocycles. The van der Waals surface area contributed by atoms with Crippen LogP contribution in [0.2, 0.25) is 5.02 Å². The minimum absolute atomic E-state index is 0.199. The minimum Gasteiger partial charge on any atom is -0.383 e. The van der Waals surface area contributed by atoms with Crippen molar-refractivity contribution < 1.29 is 4.74 Å². The Hall–Kier alpha value is -1.95. The largest absolute Gasteiger partial charge is 0.383 e. The maximum atomic E-state index is 6.71. The third-order valence-corrected chi connectivity index (χ3v) is 5.33. The number of rotatable bonds is 7. The lowest BCUT2D eigenvalue weighted by atomic mass is 10.0. The fraction of sp³-hybridized carbons (Fsp3) is 0.455. The van der Waals surface area contributed by atoms with Gasteiger partial charge in [-0.25, -0.2) is 4.98 Å². The molecule has 28 heavy (non-hydrogen) atoms. The summed E-state index contributed by atoms with van der Waals surface area (Å²) in [5.41, 5.74) is 12.7. The van der Waals surface area contributed by atoms with E-state index in [1.54, 1.807) is 7.11 Å². The molecule has 0 bridgehead atoms. The highest BCUT2D eigenvalue weighted by molar-refractivity contribution is 6.33. The first kappa shape index (κ1) is 20.8. The van der Waals surface area contributed by atoms with Crippen molar-refractivity contribution in [1.29, 1.82) is 0 Å². The number of aryl methyl sites for hydroxylation is 1. The summed E-state index contributed by atoms with van der Waals surface area (Å²) in [6.45, 7) is 9.63. The minimum atomic E-state index is 0.199. The van der Waals surface area contributed by atoms with Crippen molar-refractivity contribution in [3.63, 3.8) is 0 Å². The third kappa shape index (κ3) is 3.93. The molecule has 1 atom stereocenters. The second kappa shape index (κ2) is 8.60. The number of ether oxygens (including phenoxy) is 1. The molecule has 3 rings (SSSR count). The van der Waals surface area contributed by atoms with Crippen LogP contribution < -0.4 is 5.73 Å². The average Bonchev–Trinajstić information content (AvgIpc) is 2.97. The lowest BCUT2D eigenvalue weighted by Crippen LogP contribution is -2.10. The molecular weight excluding hydrogens is 372 g/mol. The van der Waals surface area contributed by atoms with E-state index in [2.05, 4.69) is 50.6 Å². The number of nitrogens with zero attached hydrogens (tertiary/aromatic N) is 3. The number of nitrogens with two attached hydrogens (primary N) is 1. The van der Waals surface area contributed by atoms with Crippen molar-refractivity contribution in [2.75, 3.05) is 20.3 Å². The fourth-order valence-electron chi connectivity index (χ4n) is 3.56. The van der Waals surface area contributed by atoms with Crippen molar-refractivity contribution in [3.8, 4) is 11.3 Å². The molecule has 6 heteroatoms. The zero-order valence-corrected chi connectivity index (χ0v) is 18.0. The van der Waals surface area contributed by atoms with Gasteiger partial charge in [-0.15, -0.1) is 0 Å². The molecule has 0 aliphatic rings. The molecule has 3 aromatic heterocycles. The first-order chi connectivity index (χ1) is 13.4. The van der Waals surface area contributed by atoms with Crippen molar-refractivity contribution >= 4 is 22.6 Å². The summed E-state index contributed by atoms with van der Waals surface area (Å²) in [6.07, 6.45) is 2.80.